The molecule has 4 nitrogen and oxygen atoms in total. The summed E-state index contributed by atoms with van der Waals surface area (Å²) in [6.45, 7) is 0. The van der Waals surface area contributed by atoms with E-state index in [1.807, 2.05) is 18.5 Å². The lowest BCUT2D eigenvalue weighted by Gasteiger charge is -1.98. The van der Waals surface area contributed by atoms with Gasteiger partial charge in [-0.05, 0) is 17.2 Å². The molecule has 0 aromatic heterocycles. The van der Waals surface area contributed by atoms with E-state index in [-0.39, 0.29) is 0 Å². The Bertz CT molecular complexity index is 496. The van der Waals surface area contributed by atoms with Crippen molar-refractivity contribution in [2.24, 2.45) is 4.99 Å². The summed E-state index contributed by atoms with van der Waals surface area (Å²) < 4.78 is 25.9. The zero-order valence-corrected chi connectivity index (χ0v) is 9.68. The lowest BCUT2D eigenvalue weighted by Crippen LogP contribution is -1.88. The van der Waals surface area contributed by atoms with Crippen molar-refractivity contribution < 1.29 is 13.0 Å². The minimum absolute atomic E-state index is 0.715. The van der Waals surface area contributed by atoms with Crippen molar-refractivity contribution in [2.45, 2.75) is 6.42 Å². The van der Waals surface area contributed by atoms with Gasteiger partial charge < -0.3 is 0 Å². The first-order valence-electron chi connectivity index (χ1n) is 4.65. The van der Waals surface area contributed by atoms with Crippen LogP contribution >= 0.6 is 0 Å². The number of rotatable bonds is 0. The Morgan fingerprint density at radius 3 is 2.62 bits per heavy atom. The first kappa shape index (κ1) is 12.6. The van der Waals surface area contributed by atoms with Crippen LogP contribution in [0.4, 0.5) is 0 Å². The standard InChI is InChI=1S/C10H9N.CH4O3S/c1-2-4-10-6-8-11-7-5-9(10)3-1;1-5(2,3)4/h1-5,7-8H,6H2;1H3,(H,2,3,4). The van der Waals surface area contributed by atoms with E-state index < -0.39 is 10.1 Å². The average Bonchev–Trinajstić information content (AvgIpc) is 2.39. The van der Waals surface area contributed by atoms with Crippen LogP contribution in [0.2, 0.25) is 0 Å². The SMILES string of the molecule is C1=Cc2ccccc2CC=N1.CS(=O)(=O)O. The maximum atomic E-state index is 9.19. The fraction of sp³-hybridized carbons (Fsp3) is 0.182. The highest BCUT2D eigenvalue weighted by Crippen LogP contribution is 2.12. The molecule has 2 rings (SSSR count). The first-order chi connectivity index (χ1) is 7.47. The van der Waals surface area contributed by atoms with Gasteiger partial charge in [-0.2, -0.15) is 8.42 Å². The summed E-state index contributed by atoms with van der Waals surface area (Å²) in [4.78, 5) is 4.08. The second kappa shape index (κ2) is 5.58. The van der Waals surface area contributed by atoms with Crippen molar-refractivity contribution in [3.63, 3.8) is 0 Å². The molecular weight excluding hydrogens is 226 g/mol. The number of nitrogens with zero attached hydrogens (tertiary/aromatic N) is 1. The molecule has 1 aromatic carbocycles. The van der Waals surface area contributed by atoms with Gasteiger partial charge in [0, 0.05) is 18.8 Å². The van der Waals surface area contributed by atoms with E-state index >= 15 is 0 Å². The molecule has 0 unspecified atom stereocenters. The molecule has 0 amide bonds. The molecule has 0 aliphatic carbocycles. The van der Waals surface area contributed by atoms with Crippen LogP contribution < -0.4 is 0 Å². The number of benzene rings is 1. The maximum Gasteiger partial charge on any atom is 0.261 e. The summed E-state index contributed by atoms with van der Waals surface area (Å²) in [5, 5.41) is 0. The highest BCUT2D eigenvalue weighted by molar-refractivity contribution is 7.85. The molecule has 1 aliphatic rings. The average molecular weight is 239 g/mol. The molecule has 0 spiro atoms. The Labute approximate surface area is 95.1 Å². The molecule has 1 N–H and O–H groups in total. The van der Waals surface area contributed by atoms with Gasteiger partial charge in [-0.25, -0.2) is 0 Å². The summed E-state index contributed by atoms with van der Waals surface area (Å²) >= 11 is 0. The third-order valence-electron chi connectivity index (χ3n) is 1.81. The minimum Gasteiger partial charge on any atom is -0.286 e. The van der Waals surface area contributed by atoms with Gasteiger partial charge in [-0.3, -0.25) is 9.55 Å². The summed E-state index contributed by atoms with van der Waals surface area (Å²) in [5.41, 5.74) is 2.63. The van der Waals surface area contributed by atoms with Crippen LogP contribution in [0.3, 0.4) is 0 Å². The molecule has 0 fully saturated rings. The molecule has 16 heavy (non-hydrogen) atoms. The van der Waals surface area contributed by atoms with Crippen molar-refractivity contribution in [1.82, 2.24) is 0 Å². The van der Waals surface area contributed by atoms with E-state index in [0.29, 0.717) is 6.26 Å². The van der Waals surface area contributed by atoms with Gasteiger partial charge in [0.2, 0.25) is 0 Å². The van der Waals surface area contributed by atoms with E-state index in [2.05, 4.69) is 29.3 Å². The molecular formula is C11H13NO3S. The van der Waals surface area contributed by atoms with Crippen molar-refractivity contribution >= 4 is 22.4 Å². The minimum atomic E-state index is -3.67. The van der Waals surface area contributed by atoms with Crippen LogP contribution in [-0.4, -0.2) is 25.4 Å². The van der Waals surface area contributed by atoms with Gasteiger partial charge in [0.1, 0.15) is 0 Å². The molecule has 0 radical (unpaired) electrons. The highest BCUT2D eigenvalue weighted by Gasteiger charge is 1.97. The fourth-order valence-corrected chi connectivity index (χ4v) is 1.22. The van der Waals surface area contributed by atoms with Gasteiger partial charge in [0.05, 0.1) is 6.26 Å². The van der Waals surface area contributed by atoms with E-state index in [9.17, 15) is 8.42 Å². The monoisotopic (exact) mass is 239 g/mol. The van der Waals surface area contributed by atoms with E-state index in [1.54, 1.807) is 0 Å². The highest BCUT2D eigenvalue weighted by atomic mass is 32.2. The predicted molar refractivity (Wildman–Crippen MR) is 65.1 cm³/mol. The summed E-state index contributed by atoms with van der Waals surface area (Å²) in [6, 6.07) is 8.36. The summed E-state index contributed by atoms with van der Waals surface area (Å²) in [6.07, 6.45) is 7.48. The Hall–Kier alpha value is -1.46. The number of aliphatic imine (C=N–C) groups is 1. The molecule has 1 heterocycles. The van der Waals surface area contributed by atoms with Crippen molar-refractivity contribution in [3.05, 3.63) is 41.6 Å². The quantitative estimate of drug-likeness (QED) is 0.702. The van der Waals surface area contributed by atoms with Gasteiger partial charge in [0.15, 0.2) is 0 Å². The van der Waals surface area contributed by atoms with Crippen LogP contribution in [0.5, 0.6) is 0 Å². The zero-order valence-electron chi connectivity index (χ0n) is 8.87. The molecule has 86 valence electrons. The largest absolute Gasteiger partial charge is 0.286 e. The van der Waals surface area contributed by atoms with Crippen LogP contribution in [-0.2, 0) is 16.5 Å². The zero-order chi connectivity index (χ0) is 12.0. The third kappa shape index (κ3) is 5.43. The van der Waals surface area contributed by atoms with E-state index in [4.69, 9.17) is 4.55 Å². The number of hydrogen-bond donors (Lipinski definition) is 1. The lowest BCUT2D eigenvalue weighted by atomic mass is 10.1. The van der Waals surface area contributed by atoms with Gasteiger partial charge >= 0.3 is 0 Å². The van der Waals surface area contributed by atoms with Crippen molar-refractivity contribution in [1.29, 1.82) is 0 Å². The summed E-state index contributed by atoms with van der Waals surface area (Å²) in [7, 11) is -3.67. The van der Waals surface area contributed by atoms with Crippen LogP contribution in [0.1, 0.15) is 11.1 Å². The first-order valence-corrected chi connectivity index (χ1v) is 6.50. The number of hydrogen-bond acceptors (Lipinski definition) is 3. The second-order valence-electron chi connectivity index (χ2n) is 3.28. The smallest absolute Gasteiger partial charge is 0.261 e. The van der Waals surface area contributed by atoms with Crippen LogP contribution in [0, 0.1) is 0 Å². The van der Waals surface area contributed by atoms with Crippen molar-refractivity contribution in [3.8, 4) is 0 Å². The fourth-order valence-electron chi connectivity index (χ4n) is 1.22. The topological polar surface area (TPSA) is 66.7 Å². The molecule has 1 aromatic rings. The Balaban J connectivity index is 0.000000221. The van der Waals surface area contributed by atoms with Gasteiger partial charge in [-0.15, -0.1) is 0 Å². The van der Waals surface area contributed by atoms with Crippen LogP contribution in [0.25, 0.3) is 6.08 Å². The Kier molecular flexibility index (Phi) is 4.39. The normalized spacial score (nSPS) is 13.4. The maximum absolute atomic E-state index is 9.19. The predicted octanol–water partition coefficient (Wildman–Crippen LogP) is 1.79. The lowest BCUT2D eigenvalue weighted by molar-refractivity contribution is 0.490. The van der Waals surface area contributed by atoms with Gasteiger partial charge in [0.25, 0.3) is 10.1 Å². The molecule has 0 saturated carbocycles. The Morgan fingerprint density at radius 2 is 1.94 bits per heavy atom. The molecule has 1 aliphatic heterocycles. The Morgan fingerprint density at radius 1 is 1.31 bits per heavy atom. The third-order valence-corrected chi connectivity index (χ3v) is 1.81. The van der Waals surface area contributed by atoms with E-state index in [0.717, 1.165) is 6.42 Å². The van der Waals surface area contributed by atoms with Gasteiger partial charge in [-0.1, -0.05) is 24.3 Å². The molecule has 5 heteroatoms. The van der Waals surface area contributed by atoms with E-state index in [1.165, 1.54) is 11.1 Å². The number of fused-ring (bicyclic) bond motifs is 1. The second-order valence-corrected chi connectivity index (χ2v) is 4.75. The molecule has 0 saturated heterocycles. The van der Waals surface area contributed by atoms with Crippen LogP contribution in [0.15, 0.2) is 35.5 Å². The molecule has 0 bridgehead atoms. The summed E-state index contributed by atoms with van der Waals surface area (Å²) in [5.74, 6) is 0. The molecule has 0 atom stereocenters. The van der Waals surface area contributed by atoms with Crippen molar-refractivity contribution in [2.75, 3.05) is 6.26 Å².